The van der Waals surface area contributed by atoms with Gasteiger partial charge in [-0.25, -0.2) is 9.78 Å². The minimum atomic E-state index is -0.523. The van der Waals surface area contributed by atoms with Gasteiger partial charge in [0.1, 0.15) is 11.2 Å². The van der Waals surface area contributed by atoms with Gasteiger partial charge in [-0.3, -0.25) is 4.79 Å². The standard InChI is InChI=1S/C19H24ClN3O3/c1-12(24)16-11-22(17-15(16)8-13(20)9-21-17)10-14-6-5-7-23(14)18(25)26-19(2,3)4/h8-9,11,14H,5-7,10H2,1-4H3/t14-/m0/s1. The summed E-state index contributed by atoms with van der Waals surface area (Å²) < 4.78 is 7.47. The van der Waals surface area contributed by atoms with Crippen LogP contribution in [0, 0.1) is 0 Å². The van der Waals surface area contributed by atoms with Crippen molar-refractivity contribution in [3.8, 4) is 0 Å². The van der Waals surface area contributed by atoms with Gasteiger partial charge in [0.05, 0.1) is 11.1 Å². The number of carbonyl (C=O) groups is 2. The highest BCUT2D eigenvalue weighted by molar-refractivity contribution is 6.31. The van der Waals surface area contributed by atoms with Crippen molar-refractivity contribution in [3.05, 3.63) is 29.0 Å². The number of ether oxygens (including phenoxy) is 1. The van der Waals surface area contributed by atoms with E-state index in [-0.39, 0.29) is 17.9 Å². The van der Waals surface area contributed by atoms with Crippen LogP contribution in [0.2, 0.25) is 5.02 Å². The monoisotopic (exact) mass is 377 g/mol. The van der Waals surface area contributed by atoms with E-state index in [1.54, 1.807) is 17.2 Å². The molecule has 0 unspecified atom stereocenters. The Hall–Kier alpha value is -2.08. The van der Waals surface area contributed by atoms with Crippen molar-refractivity contribution in [3.63, 3.8) is 0 Å². The molecule has 3 heterocycles. The Morgan fingerprint density at radius 1 is 1.38 bits per heavy atom. The van der Waals surface area contributed by atoms with E-state index in [0.29, 0.717) is 29.3 Å². The van der Waals surface area contributed by atoms with Crippen LogP contribution in [-0.4, -0.2) is 44.5 Å². The molecule has 1 atom stereocenters. The highest BCUT2D eigenvalue weighted by Crippen LogP contribution is 2.27. The first-order valence-corrected chi connectivity index (χ1v) is 9.18. The first kappa shape index (κ1) is 18.7. The van der Waals surface area contributed by atoms with Crippen LogP contribution in [0.5, 0.6) is 0 Å². The third-order valence-corrected chi connectivity index (χ3v) is 4.68. The smallest absolute Gasteiger partial charge is 0.410 e. The second-order valence-electron chi connectivity index (χ2n) is 7.75. The lowest BCUT2D eigenvalue weighted by Crippen LogP contribution is -2.41. The zero-order valence-corrected chi connectivity index (χ0v) is 16.3. The van der Waals surface area contributed by atoms with Crippen LogP contribution in [0.25, 0.3) is 11.0 Å². The Labute approximate surface area is 158 Å². The van der Waals surface area contributed by atoms with E-state index in [9.17, 15) is 9.59 Å². The van der Waals surface area contributed by atoms with Crippen molar-refractivity contribution in [2.75, 3.05) is 6.54 Å². The molecule has 6 nitrogen and oxygen atoms in total. The number of fused-ring (bicyclic) bond motifs is 1. The zero-order chi connectivity index (χ0) is 19.1. The fraction of sp³-hybridized carbons (Fsp3) is 0.526. The van der Waals surface area contributed by atoms with Crippen LogP contribution in [0.15, 0.2) is 18.5 Å². The zero-order valence-electron chi connectivity index (χ0n) is 15.6. The lowest BCUT2D eigenvalue weighted by Gasteiger charge is -2.28. The molecule has 0 bridgehead atoms. The van der Waals surface area contributed by atoms with Gasteiger partial charge in [0.2, 0.25) is 0 Å². The van der Waals surface area contributed by atoms with Gasteiger partial charge >= 0.3 is 6.09 Å². The fourth-order valence-corrected chi connectivity index (χ4v) is 3.54. The summed E-state index contributed by atoms with van der Waals surface area (Å²) in [5.41, 5.74) is 0.775. The molecule has 0 radical (unpaired) electrons. The van der Waals surface area contributed by atoms with Crippen LogP contribution in [0.1, 0.15) is 50.9 Å². The first-order chi connectivity index (χ1) is 12.2. The molecule has 26 heavy (non-hydrogen) atoms. The molecule has 0 N–H and O–H groups in total. The number of nitrogens with zero attached hydrogens (tertiary/aromatic N) is 3. The summed E-state index contributed by atoms with van der Waals surface area (Å²) in [7, 11) is 0. The highest BCUT2D eigenvalue weighted by Gasteiger charge is 2.32. The molecule has 3 rings (SSSR count). The molecular weight excluding hydrogens is 354 g/mol. The Bertz CT molecular complexity index is 854. The Kier molecular flexibility index (Phi) is 4.97. The molecule has 1 fully saturated rings. The second kappa shape index (κ2) is 6.91. The van der Waals surface area contributed by atoms with E-state index in [4.69, 9.17) is 16.3 Å². The number of pyridine rings is 1. The number of Topliss-reactive ketones (excluding diaryl/α,β-unsaturated/α-hetero) is 1. The molecule has 2 aromatic heterocycles. The molecule has 0 aromatic carbocycles. The van der Waals surface area contributed by atoms with Crippen LogP contribution < -0.4 is 0 Å². The van der Waals surface area contributed by atoms with E-state index >= 15 is 0 Å². The predicted octanol–water partition coefficient (Wildman–Crippen LogP) is 4.29. The lowest BCUT2D eigenvalue weighted by atomic mass is 10.2. The quantitative estimate of drug-likeness (QED) is 0.748. The number of hydrogen-bond donors (Lipinski definition) is 0. The van der Waals surface area contributed by atoms with E-state index in [1.165, 1.54) is 6.92 Å². The van der Waals surface area contributed by atoms with Crippen molar-refractivity contribution in [1.29, 1.82) is 0 Å². The van der Waals surface area contributed by atoms with Crippen LogP contribution in [0.3, 0.4) is 0 Å². The van der Waals surface area contributed by atoms with Gasteiger partial charge in [0.15, 0.2) is 5.78 Å². The summed E-state index contributed by atoms with van der Waals surface area (Å²) in [5, 5.41) is 1.24. The van der Waals surface area contributed by atoms with Gasteiger partial charge in [-0.05, 0) is 46.6 Å². The SMILES string of the molecule is CC(=O)c1cn(C[C@@H]2CCCN2C(=O)OC(C)(C)C)c2ncc(Cl)cc12. The average molecular weight is 378 g/mol. The molecule has 1 aliphatic heterocycles. The Morgan fingerprint density at radius 3 is 2.77 bits per heavy atom. The number of halogens is 1. The van der Waals surface area contributed by atoms with E-state index in [1.807, 2.05) is 31.5 Å². The summed E-state index contributed by atoms with van der Waals surface area (Å²) in [4.78, 5) is 30.6. The van der Waals surface area contributed by atoms with Crippen LogP contribution in [0.4, 0.5) is 4.79 Å². The van der Waals surface area contributed by atoms with Gasteiger partial charge in [0.25, 0.3) is 0 Å². The second-order valence-corrected chi connectivity index (χ2v) is 8.18. The van der Waals surface area contributed by atoms with Gasteiger partial charge in [0, 0.05) is 36.4 Å². The van der Waals surface area contributed by atoms with Gasteiger partial charge in [-0.15, -0.1) is 0 Å². The third-order valence-electron chi connectivity index (χ3n) is 4.47. The molecular formula is C19H24ClN3O3. The maximum absolute atomic E-state index is 12.5. The molecule has 140 valence electrons. The van der Waals surface area contributed by atoms with Crippen LogP contribution in [-0.2, 0) is 11.3 Å². The number of likely N-dealkylation sites (tertiary alicyclic amines) is 1. The summed E-state index contributed by atoms with van der Waals surface area (Å²) in [6.45, 7) is 8.37. The largest absolute Gasteiger partial charge is 0.444 e. The van der Waals surface area contributed by atoms with E-state index < -0.39 is 5.60 Å². The summed E-state index contributed by atoms with van der Waals surface area (Å²) in [6, 6.07) is 1.77. The molecule has 7 heteroatoms. The van der Waals surface area contributed by atoms with Crippen LogP contribution >= 0.6 is 11.6 Å². The van der Waals surface area contributed by atoms with E-state index in [0.717, 1.165) is 18.2 Å². The molecule has 1 amide bonds. The molecule has 0 spiro atoms. The van der Waals surface area contributed by atoms with Crippen molar-refractivity contribution in [2.45, 2.75) is 58.7 Å². The maximum Gasteiger partial charge on any atom is 0.410 e. The molecule has 1 saturated heterocycles. The topological polar surface area (TPSA) is 64.4 Å². The molecule has 1 aliphatic rings. The van der Waals surface area contributed by atoms with E-state index in [2.05, 4.69) is 4.98 Å². The number of rotatable bonds is 3. The van der Waals surface area contributed by atoms with Crippen molar-refractivity contribution >= 4 is 34.5 Å². The maximum atomic E-state index is 12.5. The minimum absolute atomic E-state index is 0.0118. The molecule has 0 saturated carbocycles. The van der Waals surface area contributed by atoms with Gasteiger partial charge in [-0.1, -0.05) is 11.6 Å². The summed E-state index contributed by atoms with van der Waals surface area (Å²) in [5.74, 6) is -0.0340. The van der Waals surface area contributed by atoms with Gasteiger partial charge in [-0.2, -0.15) is 0 Å². The minimum Gasteiger partial charge on any atom is -0.444 e. The number of amides is 1. The normalized spacial score (nSPS) is 17.7. The van der Waals surface area contributed by atoms with Crippen molar-refractivity contribution in [1.82, 2.24) is 14.5 Å². The number of hydrogen-bond acceptors (Lipinski definition) is 4. The first-order valence-electron chi connectivity index (χ1n) is 8.80. The number of ketones is 1. The third kappa shape index (κ3) is 3.85. The summed E-state index contributed by atoms with van der Waals surface area (Å²) >= 11 is 6.05. The predicted molar refractivity (Wildman–Crippen MR) is 101 cm³/mol. The highest BCUT2D eigenvalue weighted by atomic mass is 35.5. The summed E-state index contributed by atoms with van der Waals surface area (Å²) in [6.07, 6.45) is 4.91. The lowest BCUT2D eigenvalue weighted by molar-refractivity contribution is 0.0214. The number of aromatic nitrogens is 2. The molecule has 2 aromatic rings. The fourth-order valence-electron chi connectivity index (χ4n) is 3.38. The molecule has 0 aliphatic carbocycles. The van der Waals surface area contributed by atoms with Gasteiger partial charge < -0.3 is 14.2 Å². The average Bonchev–Trinajstić information content (AvgIpc) is 3.10. The van der Waals surface area contributed by atoms with Crippen molar-refractivity contribution in [2.24, 2.45) is 0 Å². The Morgan fingerprint density at radius 2 is 2.12 bits per heavy atom. The number of carbonyl (C=O) groups excluding carboxylic acids is 2. The van der Waals surface area contributed by atoms with Crippen molar-refractivity contribution < 1.29 is 14.3 Å². The Balaban J connectivity index is 1.88.